The lowest BCUT2D eigenvalue weighted by atomic mass is 9.89. The Morgan fingerprint density at radius 2 is 1.82 bits per heavy atom. The molecule has 1 atom stereocenters. The molecule has 0 spiro atoms. The molecule has 2 heteroatoms. The summed E-state index contributed by atoms with van der Waals surface area (Å²) in [5, 5.41) is 9.51. The fourth-order valence-corrected chi connectivity index (χ4v) is 0.864. The van der Waals surface area contributed by atoms with Gasteiger partial charge in [-0.25, -0.2) is 0 Å². The molecule has 0 aromatic rings. The zero-order valence-electron chi connectivity index (χ0n) is 7.65. The summed E-state index contributed by atoms with van der Waals surface area (Å²) in [4.78, 5) is 0. The number of aliphatic hydroxyl groups is 1. The van der Waals surface area contributed by atoms with Gasteiger partial charge in [0.2, 0.25) is 0 Å². The standard InChI is InChI=1S/C9H20O.H4Si/c1-5-6-7-8(2)9(3,4)10;/h8,10H,5-7H2,1-4H3;1H4. The summed E-state index contributed by atoms with van der Waals surface area (Å²) >= 11 is 0. The third kappa shape index (κ3) is 6.57. The van der Waals surface area contributed by atoms with Crippen LogP contribution < -0.4 is 0 Å². The highest BCUT2D eigenvalue weighted by Gasteiger charge is 2.20. The van der Waals surface area contributed by atoms with Crippen LogP contribution in [0.15, 0.2) is 0 Å². The molecule has 0 heterocycles. The number of hydrogen-bond donors (Lipinski definition) is 1. The van der Waals surface area contributed by atoms with Gasteiger partial charge in [0.25, 0.3) is 0 Å². The van der Waals surface area contributed by atoms with Crippen LogP contribution in [-0.2, 0) is 0 Å². The van der Waals surface area contributed by atoms with Crippen LogP contribution in [0.1, 0.15) is 47.0 Å². The fourth-order valence-electron chi connectivity index (χ4n) is 0.864. The van der Waals surface area contributed by atoms with Crippen molar-refractivity contribution >= 4 is 11.0 Å². The van der Waals surface area contributed by atoms with Gasteiger partial charge in [-0.3, -0.25) is 0 Å². The maximum Gasteiger partial charge on any atom is 0.0617 e. The van der Waals surface area contributed by atoms with E-state index >= 15 is 0 Å². The monoisotopic (exact) mass is 176 g/mol. The summed E-state index contributed by atoms with van der Waals surface area (Å²) in [5.41, 5.74) is -0.491. The Morgan fingerprint density at radius 3 is 2.09 bits per heavy atom. The molecule has 11 heavy (non-hydrogen) atoms. The van der Waals surface area contributed by atoms with Gasteiger partial charge in [0, 0.05) is 0 Å². The van der Waals surface area contributed by atoms with Crippen molar-refractivity contribution in [3.8, 4) is 0 Å². The van der Waals surface area contributed by atoms with Crippen molar-refractivity contribution < 1.29 is 5.11 Å². The van der Waals surface area contributed by atoms with E-state index in [9.17, 15) is 5.11 Å². The zero-order valence-corrected chi connectivity index (χ0v) is 7.65. The van der Waals surface area contributed by atoms with E-state index in [1.54, 1.807) is 0 Å². The minimum absolute atomic E-state index is 0. The highest BCUT2D eigenvalue weighted by Crippen LogP contribution is 2.20. The first kappa shape index (κ1) is 13.7. The lowest BCUT2D eigenvalue weighted by Crippen LogP contribution is -2.28. The molecule has 0 aliphatic heterocycles. The molecule has 0 aromatic heterocycles. The smallest absolute Gasteiger partial charge is 0.0617 e. The average Bonchev–Trinajstić information content (AvgIpc) is 1.80. The maximum absolute atomic E-state index is 9.51. The molecule has 0 aromatic carbocycles. The van der Waals surface area contributed by atoms with E-state index in [0.717, 1.165) is 6.42 Å². The lowest BCUT2D eigenvalue weighted by molar-refractivity contribution is 0.0205. The number of hydrogen-bond acceptors (Lipinski definition) is 1. The minimum Gasteiger partial charge on any atom is -0.390 e. The Bertz CT molecular complexity index is 86.1. The lowest BCUT2D eigenvalue weighted by Gasteiger charge is -2.25. The molecule has 0 saturated heterocycles. The van der Waals surface area contributed by atoms with Gasteiger partial charge in [-0.2, -0.15) is 0 Å². The molecule has 0 rings (SSSR count). The summed E-state index contributed by atoms with van der Waals surface area (Å²) in [6.07, 6.45) is 3.59. The van der Waals surface area contributed by atoms with Gasteiger partial charge in [0.15, 0.2) is 0 Å². The Kier molecular flexibility index (Phi) is 7.22. The largest absolute Gasteiger partial charge is 0.390 e. The van der Waals surface area contributed by atoms with E-state index in [-0.39, 0.29) is 11.0 Å². The summed E-state index contributed by atoms with van der Waals surface area (Å²) in [7, 11) is 0. The Balaban J connectivity index is 0. The van der Waals surface area contributed by atoms with E-state index in [2.05, 4.69) is 13.8 Å². The highest BCUT2D eigenvalue weighted by atomic mass is 28.1. The van der Waals surface area contributed by atoms with Crippen LogP contribution in [0, 0.1) is 5.92 Å². The highest BCUT2D eigenvalue weighted by molar-refractivity contribution is 5.75. The molecule has 70 valence electrons. The van der Waals surface area contributed by atoms with Gasteiger partial charge >= 0.3 is 0 Å². The first-order valence-corrected chi connectivity index (χ1v) is 4.20. The van der Waals surface area contributed by atoms with E-state index < -0.39 is 5.60 Å². The second-order valence-corrected chi connectivity index (χ2v) is 3.70. The van der Waals surface area contributed by atoms with Gasteiger partial charge in [0.05, 0.1) is 5.60 Å². The predicted molar refractivity (Wildman–Crippen MR) is 56.3 cm³/mol. The van der Waals surface area contributed by atoms with Crippen LogP contribution in [0.4, 0.5) is 0 Å². The van der Waals surface area contributed by atoms with Crippen molar-refractivity contribution in [3.63, 3.8) is 0 Å². The molecule has 1 N–H and O–H groups in total. The molecule has 0 radical (unpaired) electrons. The molecule has 1 nitrogen and oxygen atoms in total. The van der Waals surface area contributed by atoms with Crippen LogP contribution in [0.25, 0.3) is 0 Å². The van der Waals surface area contributed by atoms with Crippen LogP contribution in [0.2, 0.25) is 0 Å². The van der Waals surface area contributed by atoms with Gasteiger partial charge in [-0.1, -0.05) is 26.7 Å². The van der Waals surface area contributed by atoms with Crippen molar-refractivity contribution in [3.05, 3.63) is 0 Å². The second kappa shape index (κ2) is 5.78. The van der Waals surface area contributed by atoms with E-state index in [0.29, 0.717) is 5.92 Å². The topological polar surface area (TPSA) is 20.2 Å². The minimum atomic E-state index is -0.491. The summed E-state index contributed by atoms with van der Waals surface area (Å²) in [6.45, 7) is 8.05. The molecule has 0 saturated carbocycles. The van der Waals surface area contributed by atoms with Crippen LogP contribution in [0.5, 0.6) is 0 Å². The molecular weight excluding hydrogens is 152 g/mol. The third-order valence-corrected chi connectivity index (χ3v) is 2.20. The third-order valence-electron chi connectivity index (χ3n) is 2.20. The molecule has 0 aliphatic rings. The SMILES string of the molecule is CCCCC(C)C(C)(C)O.[SiH4]. The van der Waals surface area contributed by atoms with Gasteiger partial charge in [-0.15, -0.1) is 0 Å². The number of unbranched alkanes of at least 4 members (excludes halogenated alkanes) is 1. The first-order valence-electron chi connectivity index (χ1n) is 4.20. The zero-order chi connectivity index (χ0) is 8.20. The van der Waals surface area contributed by atoms with Gasteiger partial charge < -0.3 is 5.11 Å². The Labute approximate surface area is 75.2 Å². The van der Waals surface area contributed by atoms with Crippen molar-refractivity contribution in [2.75, 3.05) is 0 Å². The summed E-state index contributed by atoms with van der Waals surface area (Å²) < 4.78 is 0. The van der Waals surface area contributed by atoms with Crippen molar-refractivity contribution in [2.45, 2.75) is 52.6 Å². The molecule has 0 aliphatic carbocycles. The van der Waals surface area contributed by atoms with Crippen LogP contribution in [-0.4, -0.2) is 21.7 Å². The van der Waals surface area contributed by atoms with Gasteiger partial charge in [0.1, 0.15) is 0 Å². The van der Waals surface area contributed by atoms with Crippen LogP contribution >= 0.6 is 0 Å². The van der Waals surface area contributed by atoms with Gasteiger partial charge in [-0.05, 0) is 37.2 Å². The molecule has 0 amide bonds. The summed E-state index contributed by atoms with van der Waals surface area (Å²) in [5.74, 6) is 0.424. The molecule has 0 fully saturated rings. The summed E-state index contributed by atoms with van der Waals surface area (Å²) in [6, 6.07) is 0. The molecular formula is C9H24OSi. The van der Waals surface area contributed by atoms with Crippen LogP contribution in [0.3, 0.4) is 0 Å². The number of rotatable bonds is 4. The Hall–Kier alpha value is 0.177. The predicted octanol–water partition coefficient (Wildman–Crippen LogP) is 1.13. The normalized spacial score (nSPS) is 13.9. The van der Waals surface area contributed by atoms with Crippen molar-refractivity contribution in [1.29, 1.82) is 0 Å². The van der Waals surface area contributed by atoms with E-state index in [4.69, 9.17) is 0 Å². The first-order chi connectivity index (χ1) is 4.48. The van der Waals surface area contributed by atoms with Crippen molar-refractivity contribution in [1.82, 2.24) is 0 Å². The quantitative estimate of drug-likeness (QED) is 0.637. The van der Waals surface area contributed by atoms with Crippen molar-refractivity contribution in [2.24, 2.45) is 5.92 Å². The van der Waals surface area contributed by atoms with E-state index in [1.807, 2.05) is 13.8 Å². The Morgan fingerprint density at radius 1 is 1.36 bits per heavy atom. The fraction of sp³-hybridized carbons (Fsp3) is 1.00. The average molecular weight is 176 g/mol. The molecule has 1 unspecified atom stereocenters. The maximum atomic E-state index is 9.51. The second-order valence-electron chi connectivity index (χ2n) is 3.70. The van der Waals surface area contributed by atoms with E-state index in [1.165, 1.54) is 12.8 Å². The molecule has 0 bridgehead atoms.